The van der Waals surface area contributed by atoms with Crippen LogP contribution in [0.4, 0.5) is 0 Å². The molecule has 1 aliphatic heterocycles. The van der Waals surface area contributed by atoms with Gasteiger partial charge >= 0.3 is 0 Å². The van der Waals surface area contributed by atoms with Gasteiger partial charge in [-0.3, -0.25) is 4.79 Å². The van der Waals surface area contributed by atoms with Gasteiger partial charge in [-0.25, -0.2) is 0 Å². The first-order valence-corrected chi connectivity index (χ1v) is 5.47. The molecule has 15 heavy (non-hydrogen) atoms. The fourth-order valence-corrected chi connectivity index (χ4v) is 1.92. The molecule has 1 aliphatic carbocycles. The van der Waals surface area contributed by atoms with E-state index in [2.05, 4.69) is 12.2 Å². The normalized spacial score (nSPS) is 25.3. The van der Waals surface area contributed by atoms with Crippen LogP contribution in [0.15, 0.2) is 11.6 Å². The molecule has 1 saturated heterocycles. The Morgan fingerprint density at radius 1 is 1.53 bits per heavy atom. The highest BCUT2D eigenvalue weighted by atomic mass is 35.5. The Labute approximate surface area is 97.3 Å². The van der Waals surface area contributed by atoms with Crippen molar-refractivity contribution in [3.8, 4) is 0 Å². The van der Waals surface area contributed by atoms with Crippen LogP contribution in [0.25, 0.3) is 0 Å². The van der Waals surface area contributed by atoms with E-state index >= 15 is 0 Å². The molecule has 0 spiro atoms. The molecule has 0 unspecified atom stereocenters. The lowest BCUT2D eigenvalue weighted by Gasteiger charge is -2.31. The van der Waals surface area contributed by atoms with E-state index < -0.39 is 0 Å². The number of amides is 1. The molecule has 4 heteroatoms. The molecule has 2 rings (SSSR count). The summed E-state index contributed by atoms with van der Waals surface area (Å²) in [4.78, 5) is 13.7. The topological polar surface area (TPSA) is 32.3 Å². The Bertz CT molecular complexity index is 259. The van der Waals surface area contributed by atoms with Crippen molar-refractivity contribution in [3.05, 3.63) is 11.6 Å². The van der Waals surface area contributed by atoms with Crippen LogP contribution < -0.4 is 5.32 Å². The first kappa shape index (κ1) is 12.5. The van der Waals surface area contributed by atoms with Gasteiger partial charge in [-0.1, -0.05) is 5.57 Å². The van der Waals surface area contributed by atoms with Gasteiger partial charge in [0.2, 0.25) is 5.91 Å². The Balaban J connectivity index is 0.00000112. The Kier molecular flexibility index (Phi) is 4.61. The van der Waals surface area contributed by atoms with E-state index in [1.807, 2.05) is 11.0 Å². The number of carbonyl (C=O) groups excluding carboxylic acids is 1. The minimum atomic E-state index is 0. The highest BCUT2D eigenvalue weighted by Crippen LogP contribution is 2.25. The van der Waals surface area contributed by atoms with Crippen molar-refractivity contribution in [3.63, 3.8) is 0 Å². The summed E-state index contributed by atoms with van der Waals surface area (Å²) in [7, 11) is 0. The second-order valence-electron chi connectivity index (χ2n) is 4.30. The molecular weight excluding hydrogens is 212 g/mol. The molecule has 86 valence electrons. The first-order chi connectivity index (χ1) is 6.75. The molecule has 1 amide bonds. The Morgan fingerprint density at radius 3 is 2.80 bits per heavy atom. The number of halogens is 1. The highest BCUT2D eigenvalue weighted by molar-refractivity contribution is 5.88. The van der Waals surface area contributed by atoms with Crippen LogP contribution in [-0.4, -0.2) is 36.5 Å². The minimum absolute atomic E-state index is 0. The van der Waals surface area contributed by atoms with Crippen LogP contribution >= 0.6 is 12.4 Å². The van der Waals surface area contributed by atoms with Gasteiger partial charge in [-0.2, -0.15) is 0 Å². The third kappa shape index (κ3) is 3.21. The van der Waals surface area contributed by atoms with E-state index in [1.54, 1.807) is 0 Å². The molecule has 0 bridgehead atoms. The van der Waals surface area contributed by atoms with Gasteiger partial charge in [0.05, 0.1) is 0 Å². The summed E-state index contributed by atoms with van der Waals surface area (Å²) >= 11 is 0. The fraction of sp³-hybridized carbons (Fsp3) is 0.727. The lowest BCUT2D eigenvalue weighted by molar-refractivity contribution is -0.127. The molecule has 3 nitrogen and oxygen atoms in total. The molecule has 2 aliphatic rings. The van der Waals surface area contributed by atoms with E-state index in [-0.39, 0.29) is 18.3 Å². The van der Waals surface area contributed by atoms with Crippen LogP contribution in [0.5, 0.6) is 0 Å². The number of nitrogens with one attached hydrogen (secondary N) is 1. The highest BCUT2D eigenvalue weighted by Gasteiger charge is 2.20. The molecular formula is C11H19ClN2O. The van der Waals surface area contributed by atoms with Gasteiger partial charge in [0.1, 0.15) is 0 Å². The Morgan fingerprint density at radius 2 is 2.27 bits per heavy atom. The zero-order valence-corrected chi connectivity index (χ0v) is 9.98. The zero-order chi connectivity index (χ0) is 9.97. The maximum atomic E-state index is 11.8. The van der Waals surface area contributed by atoms with Crippen molar-refractivity contribution in [1.82, 2.24) is 10.2 Å². The van der Waals surface area contributed by atoms with Gasteiger partial charge in [0.25, 0.3) is 0 Å². The predicted octanol–water partition coefficient (Wildman–Crippen LogP) is 1.34. The second kappa shape index (κ2) is 5.52. The minimum Gasteiger partial charge on any atom is -0.336 e. The lowest BCUT2D eigenvalue weighted by atomic mass is 9.92. The van der Waals surface area contributed by atoms with E-state index in [0.29, 0.717) is 6.04 Å². The summed E-state index contributed by atoms with van der Waals surface area (Å²) in [6.07, 6.45) is 5.37. The number of carbonyl (C=O) groups is 1. The summed E-state index contributed by atoms with van der Waals surface area (Å²) in [5.41, 5.74) is 1.33. The molecule has 1 N–H and O–H groups in total. The third-order valence-electron chi connectivity index (χ3n) is 3.00. The SMILES string of the molecule is C[C@H]1CN(C(=O)C=C2CCC2)CCN1.Cl. The van der Waals surface area contributed by atoms with Crippen molar-refractivity contribution >= 4 is 18.3 Å². The number of rotatable bonds is 1. The number of hydrogen-bond donors (Lipinski definition) is 1. The maximum absolute atomic E-state index is 11.8. The second-order valence-corrected chi connectivity index (χ2v) is 4.30. The van der Waals surface area contributed by atoms with Crippen molar-refractivity contribution in [2.45, 2.75) is 32.2 Å². The van der Waals surface area contributed by atoms with E-state index in [1.165, 1.54) is 12.0 Å². The number of allylic oxidation sites excluding steroid dienone is 1. The van der Waals surface area contributed by atoms with Gasteiger partial charge < -0.3 is 10.2 Å². The van der Waals surface area contributed by atoms with Crippen molar-refractivity contribution in [1.29, 1.82) is 0 Å². The molecule has 0 aromatic carbocycles. The molecule has 1 atom stereocenters. The van der Waals surface area contributed by atoms with Crippen LogP contribution in [0.3, 0.4) is 0 Å². The van der Waals surface area contributed by atoms with Crippen LogP contribution in [0.2, 0.25) is 0 Å². The number of piperazine rings is 1. The Hall–Kier alpha value is -0.540. The summed E-state index contributed by atoms with van der Waals surface area (Å²) < 4.78 is 0. The van der Waals surface area contributed by atoms with Gasteiger partial charge in [0, 0.05) is 31.8 Å². The number of nitrogens with zero attached hydrogens (tertiary/aromatic N) is 1. The fourth-order valence-electron chi connectivity index (χ4n) is 1.92. The van der Waals surface area contributed by atoms with Crippen molar-refractivity contribution < 1.29 is 4.79 Å². The van der Waals surface area contributed by atoms with Gasteiger partial charge in [-0.05, 0) is 26.2 Å². The standard InChI is InChI=1S/C11H18N2O.ClH/c1-9-8-13(6-5-12-9)11(14)7-10-3-2-4-10;/h7,9,12H,2-6,8H2,1H3;1H/t9-;/m0./s1. The van der Waals surface area contributed by atoms with Gasteiger partial charge in [-0.15, -0.1) is 12.4 Å². The molecule has 1 saturated carbocycles. The number of hydrogen-bond acceptors (Lipinski definition) is 2. The summed E-state index contributed by atoms with van der Waals surface area (Å²) in [5.74, 6) is 0.216. The third-order valence-corrected chi connectivity index (χ3v) is 3.00. The smallest absolute Gasteiger partial charge is 0.246 e. The van der Waals surface area contributed by atoms with Crippen LogP contribution in [0.1, 0.15) is 26.2 Å². The first-order valence-electron chi connectivity index (χ1n) is 5.47. The zero-order valence-electron chi connectivity index (χ0n) is 9.16. The monoisotopic (exact) mass is 230 g/mol. The quantitative estimate of drug-likeness (QED) is 0.690. The molecule has 0 aromatic rings. The molecule has 0 aromatic heterocycles. The molecule has 2 fully saturated rings. The summed E-state index contributed by atoms with van der Waals surface area (Å²) in [5, 5.41) is 3.33. The van der Waals surface area contributed by atoms with E-state index in [4.69, 9.17) is 0 Å². The maximum Gasteiger partial charge on any atom is 0.246 e. The van der Waals surface area contributed by atoms with Gasteiger partial charge in [0.15, 0.2) is 0 Å². The average Bonchev–Trinajstić information content (AvgIpc) is 2.11. The predicted molar refractivity (Wildman–Crippen MR) is 63.2 cm³/mol. The molecule has 1 heterocycles. The van der Waals surface area contributed by atoms with Crippen molar-refractivity contribution in [2.75, 3.05) is 19.6 Å². The van der Waals surface area contributed by atoms with Crippen LogP contribution in [0, 0.1) is 0 Å². The van der Waals surface area contributed by atoms with E-state index in [0.717, 1.165) is 32.5 Å². The van der Waals surface area contributed by atoms with Crippen molar-refractivity contribution in [2.24, 2.45) is 0 Å². The largest absolute Gasteiger partial charge is 0.336 e. The summed E-state index contributed by atoms with van der Waals surface area (Å²) in [6.45, 7) is 4.75. The van der Waals surface area contributed by atoms with Crippen LogP contribution in [-0.2, 0) is 4.79 Å². The average molecular weight is 231 g/mol. The van der Waals surface area contributed by atoms with E-state index in [9.17, 15) is 4.79 Å². The lowest BCUT2D eigenvalue weighted by Crippen LogP contribution is -2.51. The molecule has 0 radical (unpaired) electrons. The summed E-state index contributed by atoms with van der Waals surface area (Å²) in [6, 6.07) is 0.437.